The Balaban J connectivity index is 4.13. The summed E-state index contributed by atoms with van der Waals surface area (Å²) >= 11 is 0. The third-order valence-corrected chi connectivity index (χ3v) is 12.8. The minimum atomic E-state index is 1.75. The van der Waals surface area contributed by atoms with Crippen molar-refractivity contribution in [1.82, 2.24) is 0 Å². The molecular formula is C117H120. The van der Waals surface area contributed by atoms with Crippen LogP contribution in [0.1, 0.15) is 6.92 Å². The van der Waals surface area contributed by atoms with Gasteiger partial charge in [0, 0.05) is 0 Å². The molecule has 0 aromatic heterocycles. The van der Waals surface area contributed by atoms with E-state index in [1.807, 2.05) is 700 Å². The van der Waals surface area contributed by atoms with E-state index in [4.69, 9.17) is 0 Å². The highest BCUT2D eigenvalue weighted by Crippen LogP contribution is 1.97. The maximum absolute atomic E-state index is 3.64. The first kappa shape index (κ1) is 102. The molecule has 0 nitrogen and oxygen atoms in total. The van der Waals surface area contributed by atoms with E-state index < -0.39 is 0 Å². The van der Waals surface area contributed by atoms with E-state index in [9.17, 15) is 0 Å². The quantitative estimate of drug-likeness (QED) is 0.0533. The normalized spacial score (nSPS) is 15.7. The van der Waals surface area contributed by atoms with Gasteiger partial charge in [0.25, 0.3) is 0 Å². The molecule has 117 heavy (non-hydrogen) atoms. The minimum Gasteiger partial charge on any atom is -0.0991 e. The molecule has 0 saturated heterocycles. The van der Waals surface area contributed by atoms with Crippen molar-refractivity contribution >= 4 is 0 Å². The van der Waals surface area contributed by atoms with Crippen LogP contribution in [-0.2, 0) is 0 Å². The number of hydrogen-bond donors (Lipinski definition) is 0. The third-order valence-electron chi connectivity index (χ3n) is 12.8. The summed E-state index contributed by atoms with van der Waals surface area (Å²) < 4.78 is 0. The second kappa shape index (κ2) is 101. The molecule has 0 aromatic rings. The second-order valence-electron chi connectivity index (χ2n) is 22.3. The molecule has 0 bridgehead atoms. The molecule has 0 aliphatic carbocycles. The molecule has 0 fully saturated rings. The van der Waals surface area contributed by atoms with Crippen LogP contribution in [0.15, 0.2) is 705 Å². The number of rotatable bonds is 57. The Hall–Kier alpha value is -15.1. The Morgan fingerprint density at radius 1 is 0.0684 bits per heavy atom. The zero-order valence-electron chi connectivity index (χ0n) is 68.1. The summed E-state index contributed by atoms with van der Waals surface area (Å²) in [6.07, 6.45) is 229. The second-order valence-corrected chi connectivity index (χ2v) is 22.3. The lowest BCUT2D eigenvalue weighted by atomic mass is 10.3. The molecule has 0 radical (unpaired) electrons. The highest BCUT2D eigenvalue weighted by Gasteiger charge is 1.75. The molecule has 0 heterocycles. The van der Waals surface area contributed by atoms with Crippen LogP contribution in [0.4, 0.5) is 0 Å². The Bertz CT molecular complexity index is 4310. The van der Waals surface area contributed by atoms with Crippen molar-refractivity contribution in [2.24, 2.45) is 0 Å². The van der Waals surface area contributed by atoms with Crippen LogP contribution in [0.5, 0.6) is 0 Å². The van der Waals surface area contributed by atoms with Gasteiger partial charge in [-0.3, -0.25) is 0 Å². The van der Waals surface area contributed by atoms with Crippen molar-refractivity contribution in [3.8, 4) is 0 Å². The van der Waals surface area contributed by atoms with Gasteiger partial charge in [0.1, 0.15) is 0 Å². The van der Waals surface area contributed by atoms with Crippen molar-refractivity contribution in [3.05, 3.63) is 705 Å². The van der Waals surface area contributed by atoms with Crippen LogP contribution in [-0.4, -0.2) is 0 Å². The van der Waals surface area contributed by atoms with E-state index in [0.717, 1.165) is 0 Å². The van der Waals surface area contributed by atoms with E-state index in [1.165, 1.54) is 0 Å². The van der Waals surface area contributed by atoms with Gasteiger partial charge in [-0.2, -0.15) is 0 Å². The summed E-state index contributed by atoms with van der Waals surface area (Å²) in [5, 5.41) is 0. The average Bonchev–Trinajstić information content (AvgIpc) is 2.46. The van der Waals surface area contributed by atoms with Crippen LogP contribution in [0, 0.1) is 0 Å². The lowest BCUT2D eigenvalue weighted by Gasteiger charge is -1.77. The maximum Gasteiger partial charge on any atom is -0.0467 e. The average molecular weight is 1530 g/mol. The summed E-state index contributed by atoms with van der Waals surface area (Å²) in [5.74, 6) is 0. The van der Waals surface area contributed by atoms with E-state index in [1.54, 1.807) is 6.08 Å². The Morgan fingerprint density at radius 2 is 0.111 bits per heavy atom. The topological polar surface area (TPSA) is 0 Å². The molecule has 0 aliphatic rings. The maximum atomic E-state index is 3.64. The van der Waals surface area contributed by atoms with Crippen molar-refractivity contribution in [2.45, 2.75) is 6.92 Å². The smallest absolute Gasteiger partial charge is 0.0467 e. The first-order valence-electron chi connectivity index (χ1n) is 39.0. The van der Waals surface area contributed by atoms with E-state index in [0.29, 0.717) is 0 Å². The molecule has 0 aliphatic heterocycles. The molecule has 0 unspecified atom stereocenters. The van der Waals surface area contributed by atoms with Gasteiger partial charge in [-0.1, -0.05) is 705 Å². The lowest BCUT2D eigenvalue weighted by molar-refractivity contribution is 1.73. The first-order chi connectivity index (χ1) is 58.4. The fourth-order valence-corrected chi connectivity index (χ4v) is 7.31. The molecular weight excluding hydrogens is 1410 g/mol. The number of allylic oxidation sites excluding steroid dienone is 115. The van der Waals surface area contributed by atoms with E-state index >= 15 is 0 Å². The van der Waals surface area contributed by atoms with Gasteiger partial charge in [0.05, 0.1) is 0 Å². The van der Waals surface area contributed by atoms with Crippen molar-refractivity contribution < 1.29 is 0 Å². The van der Waals surface area contributed by atoms with Crippen LogP contribution < -0.4 is 0 Å². The van der Waals surface area contributed by atoms with E-state index in [2.05, 4.69) is 6.58 Å². The van der Waals surface area contributed by atoms with Gasteiger partial charge in [-0.05, 0) is 6.92 Å². The summed E-state index contributed by atoms with van der Waals surface area (Å²) in [7, 11) is 0. The van der Waals surface area contributed by atoms with Gasteiger partial charge in [0.15, 0.2) is 0 Å². The highest BCUT2D eigenvalue weighted by molar-refractivity contribution is 5.33. The third kappa shape index (κ3) is 101. The van der Waals surface area contributed by atoms with Crippen molar-refractivity contribution in [2.75, 3.05) is 0 Å². The summed E-state index contributed by atoms with van der Waals surface area (Å²) in [5.41, 5.74) is 0. The fourth-order valence-electron chi connectivity index (χ4n) is 7.31. The van der Waals surface area contributed by atoms with Crippen LogP contribution in [0.2, 0.25) is 0 Å². The Labute approximate surface area is 707 Å². The molecule has 0 aromatic carbocycles. The van der Waals surface area contributed by atoms with Gasteiger partial charge in [-0.15, -0.1) is 0 Å². The van der Waals surface area contributed by atoms with Crippen molar-refractivity contribution in [1.29, 1.82) is 0 Å². The standard InChI is InChI=1S/C117H120/c1-3-5-7-9-11-13-15-17-19-21-23-25-27-29-31-33-35-37-39-41-43-45-47-49-51-53-55-57-59-61-63-65-67-69-71-73-75-77-79-81-83-85-87-89-91-93-95-97-99-101-103-105-107-109-111-113-115-117-116-114-112-110-108-106-104-102-100-98-96-94-92-90-88-86-84-82-80-78-76-74-72-70-68-66-64-62-60-58-56-54-52-50-48-46-44-42-40-38-36-34-32-30-28-26-24-22-20-18-16-14-12-10-8-6-4-2/h3-117H,1H2,2H3. The summed E-state index contributed by atoms with van der Waals surface area (Å²) in [4.78, 5) is 0. The summed E-state index contributed by atoms with van der Waals surface area (Å²) in [6, 6.07) is 0. The Morgan fingerprint density at radius 3 is 0.154 bits per heavy atom. The Kier molecular flexibility index (Phi) is 87.9. The molecule has 0 N–H and O–H groups in total. The molecule has 588 valence electrons. The predicted molar refractivity (Wildman–Crippen MR) is 537 cm³/mol. The lowest BCUT2D eigenvalue weighted by Crippen LogP contribution is -1.55. The van der Waals surface area contributed by atoms with Crippen LogP contribution >= 0.6 is 0 Å². The van der Waals surface area contributed by atoms with E-state index in [-0.39, 0.29) is 0 Å². The zero-order chi connectivity index (χ0) is 83.3. The van der Waals surface area contributed by atoms with Gasteiger partial charge < -0.3 is 0 Å². The molecule has 0 saturated carbocycles. The monoisotopic (exact) mass is 1520 g/mol. The highest BCUT2D eigenvalue weighted by atomic mass is 13.8. The molecule has 0 atom stereocenters. The van der Waals surface area contributed by atoms with Gasteiger partial charge >= 0.3 is 0 Å². The van der Waals surface area contributed by atoms with Gasteiger partial charge in [-0.25, -0.2) is 0 Å². The minimum absolute atomic E-state index is 1.75. The largest absolute Gasteiger partial charge is 0.0991 e. The van der Waals surface area contributed by atoms with Crippen LogP contribution in [0.25, 0.3) is 0 Å². The predicted octanol–water partition coefficient (Wildman–Crippen LogP) is 32.9. The molecule has 0 rings (SSSR count). The number of hydrogen-bond acceptors (Lipinski definition) is 0. The summed E-state index contributed by atoms with van der Waals surface area (Å²) in [6.45, 7) is 5.64. The van der Waals surface area contributed by atoms with Crippen LogP contribution in [0.3, 0.4) is 0 Å². The van der Waals surface area contributed by atoms with Gasteiger partial charge in [0.2, 0.25) is 0 Å². The SMILES string of the molecule is C=CC=CC=CC=CC=CC=CC=CC=CC=CC=CC=CC=CC=CC=CC=CC=CC=CC=CC=CC=CC=CC=CC=CC=CC=CC=CC=CC=CC=CC=CC=CC=CC=CC=CC=CC=CC=CC=CC=CC=CC=CC=CC=CC=CC=CC=CC=CC=CC=CC=CC=CC=CC=CC=CC=CC=CC=CC=CC. The fraction of sp³-hybridized carbons (Fsp3) is 0.00855. The molecule has 0 spiro atoms. The van der Waals surface area contributed by atoms with Crippen molar-refractivity contribution in [3.63, 3.8) is 0 Å². The zero-order valence-corrected chi connectivity index (χ0v) is 68.1. The molecule has 0 heteroatoms. The molecule has 0 amide bonds. The first-order valence-corrected chi connectivity index (χ1v) is 39.0.